The van der Waals surface area contributed by atoms with Crippen LogP contribution in [0, 0.1) is 0 Å². The summed E-state index contributed by atoms with van der Waals surface area (Å²) < 4.78 is 13.5. The normalized spacial score (nSPS) is 14.4. The Kier molecular flexibility index (Phi) is 12.6. The molecule has 0 aliphatic heterocycles. The van der Waals surface area contributed by atoms with E-state index in [2.05, 4.69) is 30.3 Å². The molecule has 4 nitrogen and oxygen atoms in total. The van der Waals surface area contributed by atoms with Crippen LogP contribution in [-0.2, 0) is 0 Å². The molecule has 0 unspecified atom stereocenters. The Morgan fingerprint density at radius 1 is 1.28 bits per heavy atom. The van der Waals surface area contributed by atoms with Gasteiger partial charge in [-0.15, -0.1) is 0 Å². The standard InChI is InChI=1S/C21H30ClFN4.C2H6/c1-7-26(5)14-21(27(6)13-15(2)24)16(3)17(4)25-12-18-8-10-19(22)20(23)11-9-18;1-2/h8-9,11,13-14,25H,3-4,7,10,12,24H2,1-2,5-6H3;1-2H3/b15-13+,21-14+;. The second-order valence-corrected chi connectivity index (χ2v) is 6.91. The summed E-state index contributed by atoms with van der Waals surface area (Å²) in [5.74, 6) is -0.399. The van der Waals surface area contributed by atoms with E-state index in [1.165, 1.54) is 6.08 Å². The number of nitrogens with one attached hydrogen (secondary N) is 1. The molecule has 0 fully saturated rings. The zero-order chi connectivity index (χ0) is 22.6. The van der Waals surface area contributed by atoms with Crippen LogP contribution < -0.4 is 11.1 Å². The zero-order valence-corrected chi connectivity index (χ0v) is 19.4. The van der Waals surface area contributed by atoms with Crippen LogP contribution in [0.25, 0.3) is 0 Å². The predicted molar refractivity (Wildman–Crippen MR) is 126 cm³/mol. The number of hydrogen-bond donors (Lipinski definition) is 2. The topological polar surface area (TPSA) is 44.5 Å². The van der Waals surface area contributed by atoms with E-state index in [-0.39, 0.29) is 5.03 Å². The van der Waals surface area contributed by atoms with Crippen molar-refractivity contribution in [2.75, 3.05) is 27.2 Å². The van der Waals surface area contributed by atoms with Gasteiger partial charge in [-0.25, -0.2) is 4.39 Å². The van der Waals surface area contributed by atoms with Crippen LogP contribution >= 0.6 is 11.6 Å². The number of likely N-dealkylation sites (N-methyl/N-ethyl adjacent to an activating group) is 1. The van der Waals surface area contributed by atoms with E-state index in [4.69, 9.17) is 17.3 Å². The van der Waals surface area contributed by atoms with Crippen molar-refractivity contribution in [2.24, 2.45) is 5.73 Å². The number of allylic oxidation sites excluding steroid dienone is 5. The molecular formula is C23H36ClFN4. The van der Waals surface area contributed by atoms with Gasteiger partial charge in [-0.3, -0.25) is 0 Å². The molecule has 6 heteroatoms. The van der Waals surface area contributed by atoms with Crippen LogP contribution in [-0.4, -0.2) is 37.0 Å². The van der Waals surface area contributed by atoms with E-state index in [0.717, 1.165) is 23.4 Å². The van der Waals surface area contributed by atoms with Crippen LogP contribution in [0.3, 0.4) is 0 Å². The van der Waals surface area contributed by atoms with E-state index in [0.29, 0.717) is 24.4 Å². The zero-order valence-electron chi connectivity index (χ0n) is 18.6. The van der Waals surface area contributed by atoms with Crippen molar-refractivity contribution >= 4 is 11.6 Å². The smallest absolute Gasteiger partial charge is 0.138 e. The molecule has 0 bridgehead atoms. The molecule has 1 aliphatic rings. The van der Waals surface area contributed by atoms with Gasteiger partial charge in [0.05, 0.1) is 10.7 Å². The van der Waals surface area contributed by atoms with E-state index in [1.54, 1.807) is 6.08 Å². The number of hydrogen-bond acceptors (Lipinski definition) is 4. The summed E-state index contributed by atoms with van der Waals surface area (Å²) >= 11 is 5.85. The molecule has 0 spiro atoms. The molecule has 0 heterocycles. The molecule has 0 saturated heterocycles. The van der Waals surface area contributed by atoms with Crippen LogP contribution in [0.15, 0.2) is 82.9 Å². The lowest BCUT2D eigenvalue weighted by molar-refractivity contribution is 0.457. The van der Waals surface area contributed by atoms with E-state index in [1.807, 2.05) is 58.2 Å². The van der Waals surface area contributed by atoms with E-state index in [9.17, 15) is 4.39 Å². The predicted octanol–water partition coefficient (Wildman–Crippen LogP) is 5.52. The molecule has 3 N–H and O–H groups in total. The molecule has 1 aliphatic carbocycles. The first-order chi connectivity index (χ1) is 13.6. The van der Waals surface area contributed by atoms with Crippen molar-refractivity contribution < 1.29 is 4.39 Å². The van der Waals surface area contributed by atoms with Crippen LogP contribution in [0.1, 0.15) is 34.1 Å². The summed E-state index contributed by atoms with van der Waals surface area (Å²) in [6.07, 6.45) is 9.19. The fraction of sp³-hybridized carbons (Fsp3) is 0.391. The van der Waals surface area contributed by atoms with Gasteiger partial charge in [0.1, 0.15) is 5.83 Å². The van der Waals surface area contributed by atoms with Gasteiger partial charge in [-0.05, 0) is 25.5 Å². The third-order valence-electron chi connectivity index (χ3n) is 4.04. The highest BCUT2D eigenvalue weighted by Gasteiger charge is 2.12. The maximum atomic E-state index is 13.5. The van der Waals surface area contributed by atoms with Crippen molar-refractivity contribution in [3.05, 3.63) is 82.9 Å². The lowest BCUT2D eigenvalue weighted by atomic mass is 10.1. The molecule has 0 amide bonds. The molecule has 1 rings (SSSR count). The van der Waals surface area contributed by atoms with Crippen molar-refractivity contribution in [3.63, 3.8) is 0 Å². The lowest BCUT2D eigenvalue weighted by Gasteiger charge is -2.25. The summed E-state index contributed by atoms with van der Waals surface area (Å²) in [7, 11) is 3.90. The quantitative estimate of drug-likeness (QED) is 0.480. The minimum absolute atomic E-state index is 0.211. The Morgan fingerprint density at radius 2 is 1.90 bits per heavy atom. The van der Waals surface area contributed by atoms with Crippen molar-refractivity contribution in [1.82, 2.24) is 15.1 Å². The van der Waals surface area contributed by atoms with Crippen LogP contribution in [0.5, 0.6) is 0 Å². The average Bonchev–Trinajstić information content (AvgIpc) is 2.85. The van der Waals surface area contributed by atoms with Gasteiger partial charge in [0.2, 0.25) is 0 Å². The molecule has 0 aromatic carbocycles. The molecule has 0 aromatic rings. The van der Waals surface area contributed by atoms with Gasteiger partial charge in [0, 0.05) is 63.0 Å². The number of halogens is 2. The highest BCUT2D eigenvalue weighted by Crippen LogP contribution is 2.23. The van der Waals surface area contributed by atoms with Gasteiger partial charge < -0.3 is 20.9 Å². The Balaban J connectivity index is 0.00000379. The van der Waals surface area contributed by atoms with Gasteiger partial charge in [-0.2, -0.15) is 0 Å². The van der Waals surface area contributed by atoms with Crippen LogP contribution in [0.4, 0.5) is 4.39 Å². The first-order valence-electron chi connectivity index (χ1n) is 9.78. The minimum atomic E-state index is -0.399. The second-order valence-electron chi connectivity index (χ2n) is 6.45. The van der Waals surface area contributed by atoms with Gasteiger partial charge in [0.15, 0.2) is 0 Å². The number of nitrogens with two attached hydrogens (primary N) is 1. The van der Waals surface area contributed by atoms with E-state index >= 15 is 0 Å². The van der Waals surface area contributed by atoms with Gasteiger partial charge in [0.25, 0.3) is 0 Å². The summed E-state index contributed by atoms with van der Waals surface area (Å²) in [6, 6.07) is 0. The highest BCUT2D eigenvalue weighted by molar-refractivity contribution is 6.30. The van der Waals surface area contributed by atoms with Crippen molar-refractivity contribution in [3.8, 4) is 0 Å². The first-order valence-corrected chi connectivity index (χ1v) is 10.2. The average molecular weight is 423 g/mol. The van der Waals surface area contributed by atoms with Crippen molar-refractivity contribution in [1.29, 1.82) is 0 Å². The Hall–Kier alpha value is -2.40. The largest absolute Gasteiger partial charge is 0.401 e. The summed E-state index contributed by atoms with van der Waals surface area (Å²) in [5.41, 5.74) is 9.73. The number of nitrogens with zero attached hydrogens (tertiary/aromatic N) is 2. The lowest BCUT2D eigenvalue weighted by Crippen LogP contribution is -2.24. The summed E-state index contributed by atoms with van der Waals surface area (Å²) in [6.45, 7) is 17.5. The molecular weight excluding hydrogens is 387 g/mol. The Morgan fingerprint density at radius 3 is 2.45 bits per heavy atom. The SMILES string of the molecule is C=C(NCC1=CCC(Cl)=C(F)C=C1)C(=C)/C(=C\N(C)CC)N(C)/C=C(\C)N.CC. The third kappa shape index (κ3) is 9.57. The summed E-state index contributed by atoms with van der Waals surface area (Å²) in [5, 5.41) is 3.46. The monoisotopic (exact) mass is 422 g/mol. The van der Waals surface area contributed by atoms with Crippen molar-refractivity contribution in [2.45, 2.75) is 34.1 Å². The third-order valence-corrected chi connectivity index (χ3v) is 4.38. The maximum Gasteiger partial charge on any atom is 0.138 e. The highest BCUT2D eigenvalue weighted by atomic mass is 35.5. The minimum Gasteiger partial charge on any atom is -0.401 e. The fourth-order valence-corrected chi connectivity index (χ4v) is 2.46. The Labute approximate surface area is 181 Å². The fourth-order valence-electron chi connectivity index (χ4n) is 2.31. The molecule has 0 saturated carbocycles. The first kappa shape index (κ1) is 26.6. The molecule has 29 heavy (non-hydrogen) atoms. The van der Waals surface area contributed by atoms with E-state index < -0.39 is 5.83 Å². The Bertz CT molecular complexity index is 725. The maximum absolute atomic E-state index is 13.5. The molecule has 0 radical (unpaired) electrons. The molecule has 162 valence electrons. The van der Waals surface area contributed by atoms with Gasteiger partial charge >= 0.3 is 0 Å². The number of rotatable bonds is 9. The summed E-state index contributed by atoms with van der Waals surface area (Å²) in [4.78, 5) is 3.97. The van der Waals surface area contributed by atoms with Crippen LogP contribution in [0.2, 0.25) is 0 Å². The molecule has 0 atom stereocenters. The molecule has 0 aromatic heterocycles. The second kappa shape index (κ2) is 13.7. The van der Waals surface area contributed by atoms with Gasteiger partial charge in [-0.1, -0.05) is 50.8 Å².